The van der Waals surface area contributed by atoms with E-state index >= 15 is 0 Å². The first-order chi connectivity index (χ1) is 23.0. The maximum Gasteiger partial charge on any atom is 0.187 e. The van der Waals surface area contributed by atoms with E-state index in [0.717, 1.165) is 16.6 Å². The third kappa shape index (κ3) is 6.93. The van der Waals surface area contributed by atoms with Crippen molar-refractivity contribution in [2.75, 3.05) is 13.2 Å². The number of rotatable bonds is 9. The van der Waals surface area contributed by atoms with Crippen molar-refractivity contribution < 1.29 is 54.3 Å². The maximum atomic E-state index is 11.3. The van der Waals surface area contributed by atoms with Gasteiger partial charge in [0.25, 0.3) is 0 Å². The number of para-hydroxylation sites is 2. The van der Waals surface area contributed by atoms with Crippen molar-refractivity contribution in [3.05, 3.63) is 48.5 Å². The van der Waals surface area contributed by atoms with Gasteiger partial charge in [-0.3, -0.25) is 0 Å². The van der Waals surface area contributed by atoms with Crippen LogP contribution in [0.2, 0.25) is 0 Å². The molecule has 3 aliphatic rings. The lowest BCUT2D eigenvalue weighted by Gasteiger charge is -2.48. The van der Waals surface area contributed by atoms with Gasteiger partial charge in [0.2, 0.25) is 0 Å². The molecule has 1 aliphatic carbocycles. The van der Waals surface area contributed by atoms with Crippen molar-refractivity contribution in [1.82, 2.24) is 9.97 Å². The lowest BCUT2D eigenvalue weighted by atomic mass is 9.84. The van der Waals surface area contributed by atoms with Gasteiger partial charge in [0, 0.05) is 24.2 Å². The molecule has 2 aromatic carbocycles. The van der Waals surface area contributed by atoms with Crippen LogP contribution in [0, 0.1) is 0 Å². The van der Waals surface area contributed by atoms with Crippen LogP contribution in [0.4, 0.5) is 0 Å². The molecule has 17 heteroatoms. The third-order valence-corrected chi connectivity index (χ3v) is 9.23. The molecule has 0 unspecified atom stereocenters. The minimum Gasteiger partial charge on any atom is -0.491 e. The number of aliphatic hydroxyl groups is 6. The largest absolute Gasteiger partial charge is 0.491 e. The number of benzene rings is 2. The Labute approximate surface area is 275 Å². The standard InChI is InChI=1S/C31H44N6O11/c32-10-18-22(39)24(41)25(42)31(45-18)48-28-15(34)9-14(33)27(26(28)43)47-30-23(40)20(35)21(38)19(46-30)11-44-13-7-5-12(6-8-13)29-36-16-3-1-2-4-17(16)37-29/h1-8,14-15,18-28,30-31,38-43H,9-11,32-35H2,(H,36,37)/t14-,15+,18-,19-,20+,21-,22-,23-,24+,25-,26-,27+,28-,30-,31-/m1/s1. The average molecular weight is 677 g/mol. The second-order valence-electron chi connectivity index (χ2n) is 12.5. The number of ether oxygens (including phenoxy) is 5. The summed E-state index contributed by atoms with van der Waals surface area (Å²) in [6.07, 6.45) is -16.5. The molecular formula is C31H44N6O11. The number of aliphatic hydroxyl groups excluding tert-OH is 6. The molecule has 15 N–H and O–H groups in total. The molecular weight excluding hydrogens is 632 g/mol. The fourth-order valence-electron chi connectivity index (χ4n) is 6.36. The van der Waals surface area contributed by atoms with Crippen LogP contribution >= 0.6 is 0 Å². The Bertz CT molecular complexity index is 1470. The molecule has 0 bridgehead atoms. The van der Waals surface area contributed by atoms with E-state index in [0.29, 0.717) is 11.6 Å². The molecule has 48 heavy (non-hydrogen) atoms. The molecule has 2 aliphatic heterocycles. The van der Waals surface area contributed by atoms with E-state index in [1.807, 2.05) is 36.4 Å². The topological polar surface area (TPSA) is 300 Å². The second-order valence-corrected chi connectivity index (χ2v) is 12.5. The summed E-state index contributed by atoms with van der Waals surface area (Å²) in [6.45, 7) is -0.336. The van der Waals surface area contributed by atoms with Gasteiger partial charge in [0.05, 0.1) is 17.1 Å². The van der Waals surface area contributed by atoms with E-state index < -0.39 is 91.7 Å². The number of aromatic nitrogens is 2. The fourth-order valence-corrected chi connectivity index (χ4v) is 6.36. The van der Waals surface area contributed by atoms with E-state index in [9.17, 15) is 30.6 Å². The predicted octanol–water partition coefficient (Wildman–Crippen LogP) is -3.66. The summed E-state index contributed by atoms with van der Waals surface area (Å²) < 4.78 is 29.1. The number of H-pyrrole nitrogens is 1. The first-order valence-electron chi connectivity index (χ1n) is 15.8. The molecule has 0 spiro atoms. The van der Waals surface area contributed by atoms with Gasteiger partial charge >= 0.3 is 0 Å². The van der Waals surface area contributed by atoms with Crippen LogP contribution in [0.5, 0.6) is 5.75 Å². The molecule has 2 saturated heterocycles. The molecule has 264 valence electrons. The maximum absolute atomic E-state index is 11.3. The van der Waals surface area contributed by atoms with Crippen LogP contribution in [0.3, 0.4) is 0 Å². The van der Waals surface area contributed by atoms with E-state index in [1.54, 1.807) is 12.1 Å². The number of fused-ring (bicyclic) bond motifs is 1. The van der Waals surface area contributed by atoms with Gasteiger partial charge < -0.3 is 82.2 Å². The van der Waals surface area contributed by atoms with Crippen LogP contribution in [0.1, 0.15) is 6.42 Å². The molecule has 6 rings (SSSR count). The SMILES string of the molecule is NC[C@H]1O[C@H](O[C@H]2[C@H](O)[C@@H](O[C@H]3O[C@H](COc4ccc(-c5nc6ccccc6[nH]5)cc4)[C@@H](O)[C@H](N)[C@H]3O)[C@H](N)C[C@@H]2N)[C@H](O)[C@@H](O)[C@@H]1O. The molecule has 0 radical (unpaired) electrons. The van der Waals surface area contributed by atoms with Crippen molar-refractivity contribution in [1.29, 1.82) is 0 Å². The summed E-state index contributed by atoms with van der Waals surface area (Å²) in [7, 11) is 0. The minimum absolute atomic E-state index is 0.0781. The number of hydrogen-bond acceptors (Lipinski definition) is 16. The van der Waals surface area contributed by atoms with Crippen molar-refractivity contribution in [2.45, 2.75) is 98.2 Å². The summed E-state index contributed by atoms with van der Waals surface area (Å²) >= 11 is 0. The van der Waals surface area contributed by atoms with Crippen LogP contribution in [0.25, 0.3) is 22.4 Å². The molecule has 15 atom stereocenters. The zero-order valence-corrected chi connectivity index (χ0v) is 25.9. The van der Waals surface area contributed by atoms with Crippen LogP contribution < -0.4 is 27.7 Å². The van der Waals surface area contributed by atoms with Crippen molar-refractivity contribution >= 4 is 11.0 Å². The van der Waals surface area contributed by atoms with Crippen LogP contribution in [0.15, 0.2) is 48.5 Å². The van der Waals surface area contributed by atoms with Gasteiger partial charge in [-0.2, -0.15) is 0 Å². The molecule has 3 aromatic rings. The lowest BCUT2D eigenvalue weighted by Crippen LogP contribution is -2.68. The Morgan fingerprint density at radius 1 is 0.729 bits per heavy atom. The Morgan fingerprint density at radius 2 is 1.35 bits per heavy atom. The first kappa shape index (κ1) is 35.0. The number of nitrogens with one attached hydrogen (secondary N) is 1. The zero-order valence-electron chi connectivity index (χ0n) is 25.9. The van der Waals surface area contributed by atoms with Crippen molar-refractivity contribution in [3.8, 4) is 17.1 Å². The summed E-state index contributed by atoms with van der Waals surface area (Å²) in [5, 5.41) is 63.7. The highest BCUT2D eigenvalue weighted by molar-refractivity contribution is 5.79. The number of nitrogens with two attached hydrogens (primary N) is 4. The Hall–Kier alpha value is -2.85. The lowest BCUT2D eigenvalue weighted by molar-refractivity contribution is -0.331. The summed E-state index contributed by atoms with van der Waals surface area (Å²) in [5.41, 5.74) is 26.9. The number of imidazole rings is 1. The smallest absolute Gasteiger partial charge is 0.187 e. The van der Waals surface area contributed by atoms with E-state index in [1.165, 1.54) is 0 Å². The Kier molecular flexibility index (Phi) is 10.6. The highest BCUT2D eigenvalue weighted by Gasteiger charge is 2.51. The average Bonchev–Trinajstić information content (AvgIpc) is 3.52. The number of nitrogens with zero attached hydrogens (tertiary/aromatic N) is 1. The minimum atomic E-state index is -1.68. The van der Waals surface area contributed by atoms with Gasteiger partial charge in [0.1, 0.15) is 79.2 Å². The Balaban J connectivity index is 1.09. The molecule has 17 nitrogen and oxygen atoms in total. The fraction of sp³-hybridized carbons (Fsp3) is 0.581. The molecule has 3 fully saturated rings. The zero-order chi connectivity index (χ0) is 34.3. The normalized spacial score (nSPS) is 40.6. The van der Waals surface area contributed by atoms with E-state index in [4.69, 9.17) is 46.6 Å². The van der Waals surface area contributed by atoms with Gasteiger partial charge in [-0.15, -0.1) is 0 Å². The van der Waals surface area contributed by atoms with Gasteiger partial charge in [-0.05, 0) is 42.8 Å². The van der Waals surface area contributed by atoms with Gasteiger partial charge in [0.15, 0.2) is 12.6 Å². The predicted molar refractivity (Wildman–Crippen MR) is 168 cm³/mol. The summed E-state index contributed by atoms with van der Waals surface area (Å²) in [4.78, 5) is 7.86. The second kappa shape index (κ2) is 14.6. The quantitative estimate of drug-likeness (QED) is 0.104. The first-order valence-corrected chi connectivity index (χ1v) is 15.8. The number of aromatic amines is 1. The van der Waals surface area contributed by atoms with Crippen LogP contribution in [-0.4, -0.2) is 146 Å². The highest BCUT2D eigenvalue weighted by Crippen LogP contribution is 2.32. The molecule has 1 aromatic heterocycles. The summed E-state index contributed by atoms with van der Waals surface area (Å²) in [5.74, 6) is 1.17. The molecule has 0 amide bonds. The van der Waals surface area contributed by atoms with E-state index in [-0.39, 0.29) is 19.6 Å². The van der Waals surface area contributed by atoms with E-state index in [2.05, 4.69) is 9.97 Å². The van der Waals surface area contributed by atoms with Crippen molar-refractivity contribution in [2.24, 2.45) is 22.9 Å². The number of hydrogen-bond donors (Lipinski definition) is 11. The van der Waals surface area contributed by atoms with Crippen LogP contribution in [-0.2, 0) is 18.9 Å². The monoisotopic (exact) mass is 676 g/mol. The van der Waals surface area contributed by atoms with Gasteiger partial charge in [-0.25, -0.2) is 4.98 Å². The Morgan fingerprint density at radius 3 is 2.00 bits per heavy atom. The van der Waals surface area contributed by atoms with Gasteiger partial charge in [-0.1, -0.05) is 12.1 Å². The third-order valence-electron chi connectivity index (χ3n) is 9.23. The summed E-state index contributed by atoms with van der Waals surface area (Å²) in [6, 6.07) is 11.9. The highest BCUT2D eigenvalue weighted by atomic mass is 16.7. The molecule has 1 saturated carbocycles. The van der Waals surface area contributed by atoms with Crippen molar-refractivity contribution in [3.63, 3.8) is 0 Å². The molecule has 3 heterocycles.